The van der Waals surface area contributed by atoms with Crippen molar-refractivity contribution < 1.29 is 12.8 Å². The van der Waals surface area contributed by atoms with Crippen molar-refractivity contribution in [3.8, 4) is 0 Å². The fourth-order valence-corrected chi connectivity index (χ4v) is 1.26. The van der Waals surface area contributed by atoms with E-state index in [1.165, 1.54) is 0 Å². The molecule has 0 spiro atoms. The summed E-state index contributed by atoms with van der Waals surface area (Å²) < 4.78 is 33.1. The molecule has 1 rings (SSSR count). The van der Waals surface area contributed by atoms with Crippen molar-refractivity contribution in [3.63, 3.8) is 0 Å². The van der Waals surface area contributed by atoms with Gasteiger partial charge in [0.2, 0.25) is 10.3 Å². The predicted octanol–water partition coefficient (Wildman–Crippen LogP) is 1.06. The summed E-state index contributed by atoms with van der Waals surface area (Å²) in [5.74, 6) is 0. The molecule has 0 saturated carbocycles. The summed E-state index contributed by atoms with van der Waals surface area (Å²) in [4.78, 5) is -0.199. The maximum atomic E-state index is 12.2. The van der Waals surface area contributed by atoms with Gasteiger partial charge in [-0.2, -0.15) is 8.42 Å². The van der Waals surface area contributed by atoms with Crippen LogP contribution in [0.25, 0.3) is 0 Å². The van der Waals surface area contributed by atoms with E-state index < -0.39 is 17.0 Å². The monoisotopic (exact) mass is 186 g/mol. The molecule has 1 aromatic rings. The number of alkyl halides is 1. The van der Waals surface area contributed by atoms with Crippen molar-refractivity contribution >= 4 is 15.2 Å². The fourth-order valence-electron chi connectivity index (χ4n) is 0.842. The molecule has 0 N–H and O–H groups in total. The minimum Gasteiger partial charge on any atom is -0.245 e. The summed E-state index contributed by atoms with van der Waals surface area (Å²) in [5, 5.41) is 0. The van der Waals surface area contributed by atoms with Gasteiger partial charge in [-0.3, -0.25) is 0 Å². The molecule has 4 heteroatoms. The molecule has 0 aliphatic carbocycles. The highest BCUT2D eigenvalue weighted by molar-refractivity contribution is 7.73. The van der Waals surface area contributed by atoms with Crippen LogP contribution in [0, 0.1) is 0 Å². The van der Waals surface area contributed by atoms with Gasteiger partial charge in [-0.15, -0.1) is 0 Å². The first kappa shape index (κ1) is 8.93. The minimum atomic E-state index is -2.46. The lowest BCUT2D eigenvalue weighted by molar-refractivity contribution is 0.583. The Bertz CT molecular complexity index is 373. The predicted molar refractivity (Wildman–Crippen MR) is 45.4 cm³/mol. The van der Waals surface area contributed by atoms with Crippen molar-refractivity contribution in [1.29, 1.82) is 0 Å². The van der Waals surface area contributed by atoms with Crippen LogP contribution in [-0.2, 0) is 10.3 Å². The third-order valence-corrected chi connectivity index (χ3v) is 2.17. The number of halogens is 1. The summed E-state index contributed by atoms with van der Waals surface area (Å²) in [6.07, 6.45) is 0. The van der Waals surface area contributed by atoms with Crippen molar-refractivity contribution in [3.05, 3.63) is 35.9 Å². The van der Waals surface area contributed by atoms with Gasteiger partial charge in [0, 0.05) is 0 Å². The molecule has 0 fully saturated rings. The number of hydrogen-bond acceptors (Lipinski definition) is 2. The van der Waals surface area contributed by atoms with Crippen molar-refractivity contribution in [2.75, 3.05) is 6.67 Å². The quantitative estimate of drug-likeness (QED) is 0.511. The van der Waals surface area contributed by atoms with Crippen molar-refractivity contribution in [2.45, 2.75) is 0 Å². The first-order valence-electron chi connectivity index (χ1n) is 3.32. The van der Waals surface area contributed by atoms with Gasteiger partial charge in [0.25, 0.3) is 0 Å². The Hall–Kier alpha value is -1.16. The molecule has 0 aliphatic heterocycles. The van der Waals surface area contributed by atoms with Gasteiger partial charge in [-0.05, 0) is 5.56 Å². The van der Waals surface area contributed by atoms with Gasteiger partial charge < -0.3 is 0 Å². The Morgan fingerprint density at radius 1 is 1.25 bits per heavy atom. The van der Waals surface area contributed by atoms with E-state index in [0.29, 0.717) is 5.56 Å². The molecule has 0 aliphatic rings. The van der Waals surface area contributed by atoms with E-state index in [1.807, 2.05) is 0 Å². The number of rotatable bonds is 2. The molecular formula is C8H7FO2S. The molecule has 0 amide bonds. The minimum absolute atomic E-state index is 0.199. The maximum absolute atomic E-state index is 12.2. The number of hydrogen-bond donors (Lipinski definition) is 0. The second-order valence-electron chi connectivity index (χ2n) is 2.16. The molecule has 0 radical (unpaired) electrons. The topological polar surface area (TPSA) is 34.1 Å². The molecule has 12 heavy (non-hydrogen) atoms. The zero-order chi connectivity index (χ0) is 8.97. The second-order valence-corrected chi connectivity index (χ2v) is 3.12. The second kappa shape index (κ2) is 4.01. The van der Waals surface area contributed by atoms with E-state index in [2.05, 4.69) is 0 Å². The van der Waals surface area contributed by atoms with Crippen molar-refractivity contribution in [1.82, 2.24) is 0 Å². The summed E-state index contributed by atoms with van der Waals surface area (Å²) in [6, 6.07) is 8.19. The van der Waals surface area contributed by atoms with E-state index in [9.17, 15) is 12.8 Å². The molecule has 64 valence electrons. The SMILES string of the molecule is O=S(=O)=C(CF)c1ccccc1. The van der Waals surface area contributed by atoms with Crippen LogP contribution < -0.4 is 0 Å². The third-order valence-electron chi connectivity index (χ3n) is 1.42. The summed E-state index contributed by atoms with van der Waals surface area (Å²) in [7, 11) is -2.46. The first-order chi connectivity index (χ1) is 5.75. The van der Waals surface area contributed by atoms with Crippen LogP contribution in [0.2, 0.25) is 0 Å². The van der Waals surface area contributed by atoms with Crippen LogP contribution in [0.1, 0.15) is 5.56 Å². The highest BCUT2D eigenvalue weighted by atomic mass is 32.2. The fraction of sp³-hybridized carbons (Fsp3) is 0.125. The Morgan fingerprint density at radius 2 is 1.83 bits per heavy atom. The van der Waals surface area contributed by atoms with Gasteiger partial charge >= 0.3 is 0 Å². The third kappa shape index (κ3) is 1.92. The Kier molecular flexibility index (Phi) is 2.99. The highest BCUT2D eigenvalue weighted by Gasteiger charge is 2.02. The first-order valence-corrected chi connectivity index (χ1v) is 4.39. The normalized spacial score (nSPS) is 9.42. The summed E-state index contributed by atoms with van der Waals surface area (Å²) >= 11 is 0. The van der Waals surface area contributed by atoms with Gasteiger partial charge in [-0.1, -0.05) is 30.3 Å². The van der Waals surface area contributed by atoms with Crippen molar-refractivity contribution in [2.24, 2.45) is 0 Å². The Balaban J connectivity index is 3.24. The zero-order valence-electron chi connectivity index (χ0n) is 6.20. The average molecular weight is 186 g/mol. The van der Waals surface area contributed by atoms with Crippen LogP contribution in [-0.4, -0.2) is 20.0 Å². The largest absolute Gasteiger partial charge is 0.245 e. The maximum Gasteiger partial charge on any atom is 0.220 e. The molecule has 0 bridgehead atoms. The Labute approximate surface area is 71.2 Å². The van der Waals surface area contributed by atoms with Gasteiger partial charge in [0.15, 0.2) is 0 Å². The molecule has 1 aromatic carbocycles. The molecule has 0 aromatic heterocycles. The van der Waals surface area contributed by atoms with E-state index >= 15 is 0 Å². The lowest BCUT2D eigenvalue weighted by atomic mass is 10.2. The standard InChI is InChI=1S/C8H7FO2S/c9-6-8(12(10)11)7-4-2-1-3-5-7/h1-5H,6H2. The van der Waals surface area contributed by atoms with Crippen LogP contribution in [0.3, 0.4) is 0 Å². The van der Waals surface area contributed by atoms with E-state index in [1.54, 1.807) is 30.3 Å². The Morgan fingerprint density at radius 3 is 2.25 bits per heavy atom. The molecule has 0 saturated heterocycles. The van der Waals surface area contributed by atoms with E-state index in [-0.39, 0.29) is 4.86 Å². The molecule has 0 heterocycles. The van der Waals surface area contributed by atoms with Gasteiger partial charge in [-0.25, -0.2) is 4.39 Å². The lowest BCUT2D eigenvalue weighted by Crippen LogP contribution is -2.03. The van der Waals surface area contributed by atoms with Gasteiger partial charge in [0.05, 0.1) is 0 Å². The van der Waals surface area contributed by atoms with E-state index in [0.717, 1.165) is 0 Å². The molecule has 0 atom stereocenters. The summed E-state index contributed by atoms with van der Waals surface area (Å²) in [5.41, 5.74) is 0.410. The average Bonchev–Trinajstić information content (AvgIpc) is 2.07. The van der Waals surface area contributed by atoms with Crippen LogP contribution in [0.15, 0.2) is 30.3 Å². The summed E-state index contributed by atoms with van der Waals surface area (Å²) in [6.45, 7) is -0.958. The van der Waals surface area contributed by atoms with Gasteiger partial charge in [0.1, 0.15) is 11.5 Å². The zero-order valence-corrected chi connectivity index (χ0v) is 7.01. The van der Waals surface area contributed by atoms with E-state index in [4.69, 9.17) is 0 Å². The van der Waals surface area contributed by atoms with Crippen LogP contribution in [0.5, 0.6) is 0 Å². The lowest BCUT2D eigenvalue weighted by Gasteiger charge is -1.94. The highest BCUT2D eigenvalue weighted by Crippen LogP contribution is 2.00. The molecular weight excluding hydrogens is 179 g/mol. The molecule has 0 unspecified atom stereocenters. The molecule has 2 nitrogen and oxygen atoms in total. The van der Waals surface area contributed by atoms with Crippen LogP contribution in [0.4, 0.5) is 4.39 Å². The number of benzene rings is 1. The van der Waals surface area contributed by atoms with Crippen LogP contribution >= 0.6 is 0 Å². The smallest absolute Gasteiger partial charge is 0.220 e.